The molecule has 124 valence electrons. The minimum Gasteiger partial charge on any atom is -0.353 e. The highest BCUT2D eigenvalue weighted by Crippen LogP contribution is 2.35. The van der Waals surface area contributed by atoms with Gasteiger partial charge < -0.3 is 9.88 Å². The normalized spacial score (nSPS) is 24.8. The molecule has 0 spiro atoms. The number of anilines is 1. The second kappa shape index (κ2) is 5.65. The first kappa shape index (κ1) is 14.7. The lowest BCUT2D eigenvalue weighted by Crippen LogP contribution is -2.50. The van der Waals surface area contributed by atoms with Crippen LogP contribution in [0.2, 0.25) is 0 Å². The lowest BCUT2D eigenvalue weighted by Gasteiger charge is -2.31. The minimum absolute atomic E-state index is 0.0707. The van der Waals surface area contributed by atoms with E-state index in [-0.39, 0.29) is 17.9 Å². The monoisotopic (exact) mass is 316 g/mol. The maximum absolute atomic E-state index is 12.9. The quantitative estimate of drug-likeness (QED) is 0.854. The average molecular weight is 316 g/mol. The standard InChI is InChI=1S/C17H24N4O2/c1-20-10-18-15-14(20)8-13(16(22)19-12-4-2-3-5-12)17(23)21(15)9-11-6-7-11/h10-13H,2-9H2,1H3,(H,19,22). The Hall–Kier alpha value is -1.85. The van der Waals surface area contributed by atoms with E-state index >= 15 is 0 Å². The number of amides is 2. The van der Waals surface area contributed by atoms with Gasteiger partial charge >= 0.3 is 0 Å². The van der Waals surface area contributed by atoms with Gasteiger partial charge in [0.1, 0.15) is 5.92 Å². The fraction of sp³-hybridized carbons (Fsp3) is 0.706. The van der Waals surface area contributed by atoms with Crippen LogP contribution in [0.15, 0.2) is 6.33 Å². The number of hydrogen-bond donors (Lipinski definition) is 1. The van der Waals surface area contributed by atoms with Crippen molar-refractivity contribution in [3.05, 3.63) is 12.0 Å². The number of aryl methyl sites for hydroxylation is 1. The van der Waals surface area contributed by atoms with Gasteiger partial charge in [0.25, 0.3) is 0 Å². The van der Waals surface area contributed by atoms with Crippen LogP contribution in [0.4, 0.5) is 5.82 Å². The Morgan fingerprint density at radius 1 is 1.30 bits per heavy atom. The van der Waals surface area contributed by atoms with Gasteiger partial charge in [-0.2, -0.15) is 0 Å². The molecule has 1 aromatic rings. The number of nitrogens with one attached hydrogen (secondary N) is 1. The van der Waals surface area contributed by atoms with E-state index in [1.165, 1.54) is 25.7 Å². The van der Waals surface area contributed by atoms with E-state index in [4.69, 9.17) is 0 Å². The van der Waals surface area contributed by atoms with Crippen LogP contribution in [-0.4, -0.2) is 34.0 Å². The lowest BCUT2D eigenvalue weighted by atomic mass is 9.95. The molecule has 3 aliphatic rings. The summed E-state index contributed by atoms with van der Waals surface area (Å²) in [5.74, 6) is 0.560. The summed E-state index contributed by atoms with van der Waals surface area (Å²) in [4.78, 5) is 31.7. The van der Waals surface area contributed by atoms with Gasteiger partial charge in [0.2, 0.25) is 11.8 Å². The number of fused-ring (bicyclic) bond motifs is 1. The van der Waals surface area contributed by atoms with Crippen LogP contribution >= 0.6 is 0 Å². The SMILES string of the molecule is Cn1cnc2c1CC(C(=O)NC1CCCC1)C(=O)N2CC1CC1. The molecule has 1 aromatic heterocycles. The first-order chi connectivity index (χ1) is 11.1. The Morgan fingerprint density at radius 3 is 2.74 bits per heavy atom. The van der Waals surface area contributed by atoms with Gasteiger partial charge in [-0.1, -0.05) is 12.8 Å². The highest BCUT2D eigenvalue weighted by molar-refractivity contribution is 6.09. The lowest BCUT2D eigenvalue weighted by molar-refractivity contribution is -0.134. The Labute approximate surface area is 136 Å². The molecule has 2 heterocycles. The zero-order valence-electron chi connectivity index (χ0n) is 13.6. The Kier molecular flexibility index (Phi) is 3.62. The molecule has 2 aliphatic carbocycles. The van der Waals surface area contributed by atoms with Crippen molar-refractivity contribution in [2.75, 3.05) is 11.4 Å². The smallest absolute Gasteiger partial charge is 0.241 e. The third-order valence-electron chi connectivity index (χ3n) is 5.41. The summed E-state index contributed by atoms with van der Waals surface area (Å²) in [5.41, 5.74) is 0.997. The summed E-state index contributed by atoms with van der Waals surface area (Å²) < 4.78 is 1.94. The molecule has 6 nitrogen and oxygen atoms in total. The van der Waals surface area contributed by atoms with Crippen LogP contribution in [0, 0.1) is 11.8 Å². The fourth-order valence-electron chi connectivity index (χ4n) is 3.79. The highest BCUT2D eigenvalue weighted by Gasteiger charge is 2.42. The van der Waals surface area contributed by atoms with Crippen LogP contribution in [-0.2, 0) is 23.1 Å². The summed E-state index contributed by atoms with van der Waals surface area (Å²) in [6.45, 7) is 0.704. The highest BCUT2D eigenvalue weighted by atomic mass is 16.2. The Balaban J connectivity index is 1.56. The molecular weight excluding hydrogens is 292 g/mol. The zero-order valence-corrected chi connectivity index (χ0v) is 13.6. The third-order valence-corrected chi connectivity index (χ3v) is 5.41. The molecule has 0 radical (unpaired) electrons. The van der Waals surface area contributed by atoms with Crippen LogP contribution in [0.1, 0.15) is 44.2 Å². The van der Waals surface area contributed by atoms with E-state index in [1.54, 1.807) is 11.2 Å². The largest absolute Gasteiger partial charge is 0.353 e. The zero-order chi connectivity index (χ0) is 16.0. The fourth-order valence-corrected chi connectivity index (χ4v) is 3.79. The number of hydrogen-bond acceptors (Lipinski definition) is 3. The van der Waals surface area contributed by atoms with Crippen LogP contribution in [0.25, 0.3) is 0 Å². The molecule has 0 aromatic carbocycles. The number of carbonyl (C=O) groups excluding carboxylic acids is 2. The molecule has 0 saturated heterocycles. The van der Waals surface area contributed by atoms with Crippen molar-refractivity contribution in [2.45, 2.75) is 51.0 Å². The molecule has 0 bridgehead atoms. The molecule has 4 rings (SSSR count). The summed E-state index contributed by atoms with van der Waals surface area (Å²) in [6.07, 6.45) is 8.96. The van der Waals surface area contributed by atoms with Gasteiger partial charge in [0.15, 0.2) is 5.82 Å². The van der Waals surface area contributed by atoms with E-state index in [0.717, 1.165) is 24.4 Å². The topological polar surface area (TPSA) is 67.2 Å². The summed E-state index contributed by atoms with van der Waals surface area (Å²) in [6, 6.07) is 0.250. The van der Waals surface area contributed by atoms with Crippen molar-refractivity contribution in [2.24, 2.45) is 18.9 Å². The average Bonchev–Trinajstić information content (AvgIpc) is 3.06. The van der Waals surface area contributed by atoms with Crippen molar-refractivity contribution in [3.8, 4) is 0 Å². The van der Waals surface area contributed by atoms with Crippen LogP contribution < -0.4 is 10.2 Å². The van der Waals surface area contributed by atoms with E-state index in [0.29, 0.717) is 18.9 Å². The first-order valence-electron chi connectivity index (χ1n) is 8.75. The van der Waals surface area contributed by atoms with Crippen LogP contribution in [0.3, 0.4) is 0 Å². The molecule has 1 atom stereocenters. The molecule has 1 N–H and O–H groups in total. The Bertz CT molecular complexity index is 629. The molecule has 6 heteroatoms. The summed E-state index contributed by atoms with van der Waals surface area (Å²) in [7, 11) is 1.93. The summed E-state index contributed by atoms with van der Waals surface area (Å²) >= 11 is 0. The minimum atomic E-state index is -0.600. The van der Waals surface area contributed by atoms with Crippen LogP contribution in [0.5, 0.6) is 0 Å². The van der Waals surface area contributed by atoms with Gasteiger partial charge in [-0.25, -0.2) is 4.98 Å². The predicted octanol–water partition coefficient (Wildman–Crippen LogP) is 1.39. The Morgan fingerprint density at radius 2 is 2.04 bits per heavy atom. The van der Waals surface area contributed by atoms with Gasteiger partial charge in [0, 0.05) is 26.1 Å². The molecular formula is C17H24N4O2. The third kappa shape index (κ3) is 2.75. The molecule has 2 fully saturated rings. The molecule has 1 unspecified atom stereocenters. The van der Waals surface area contributed by atoms with E-state index in [9.17, 15) is 9.59 Å². The second-order valence-corrected chi connectivity index (χ2v) is 7.26. The number of rotatable bonds is 4. The van der Waals surface area contributed by atoms with E-state index in [2.05, 4.69) is 10.3 Å². The molecule has 2 amide bonds. The van der Waals surface area contributed by atoms with Gasteiger partial charge in [-0.15, -0.1) is 0 Å². The van der Waals surface area contributed by atoms with Gasteiger partial charge in [-0.05, 0) is 31.6 Å². The molecule has 2 saturated carbocycles. The first-order valence-corrected chi connectivity index (χ1v) is 8.75. The maximum atomic E-state index is 12.9. The second-order valence-electron chi connectivity index (χ2n) is 7.26. The number of carbonyl (C=O) groups is 2. The predicted molar refractivity (Wildman–Crippen MR) is 85.9 cm³/mol. The molecule has 23 heavy (non-hydrogen) atoms. The van der Waals surface area contributed by atoms with E-state index < -0.39 is 5.92 Å². The summed E-state index contributed by atoms with van der Waals surface area (Å²) in [5, 5.41) is 3.09. The van der Waals surface area contributed by atoms with Gasteiger partial charge in [0.05, 0.1) is 12.0 Å². The van der Waals surface area contributed by atoms with E-state index in [1.807, 2.05) is 11.6 Å². The van der Waals surface area contributed by atoms with Crippen molar-refractivity contribution < 1.29 is 9.59 Å². The number of aromatic nitrogens is 2. The number of nitrogens with zero attached hydrogens (tertiary/aromatic N) is 3. The van der Waals surface area contributed by atoms with Crippen molar-refractivity contribution in [3.63, 3.8) is 0 Å². The number of imidazole rings is 1. The van der Waals surface area contributed by atoms with Gasteiger partial charge in [-0.3, -0.25) is 14.5 Å². The van der Waals surface area contributed by atoms with Crippen molar-refractivity contribution >= 4 is 17.6 Å². The van der Waals surface area contributed by atoms with Crippen molar-refractivity contribution in [1.29, 1.82) is 0 Å². The maximum Gasteiger partial charge on any atom is 0.241 e. The van der Waals surface area contributed by atoms with Crippen molar-refractivity contribution in [1.82, 2.24) is 14.9 Å². The molecule has 1 aliphatic heterocycles.